The third kappa shape index (κ3) is 5.51. The molecule has 5 heteroatoms. The molecule has 96 valence electrons. The second kappa shape index (κ2) is 7.86. The molecular formula is C12H19NO4. The van der Waals surface area contributed by atoms with E-state index in [9.17, 15) is 9.90 Å². The van der Waals surface area contributed by atoms with Crippen LogP contribution in [0.5, 0.6) is 0 Å². The summed E-state index contributed by atoms with van der Waals surface area (Å²) in [6.07, 6.45) is 1.98. The average molecular weight is 241 g/mol. The molecule has 0 saturated carbocycles. The van der Waals surface area contributed by atoms with Crippen LogP contribution in [-0.4, -0.2) is 30.8 Å². The second-order valence-corrected chi connectivity index (χ2v) is 3.64. The van der Waals surface area contributed by atoms with Crippen LogP contribution in [0.2, 0.25) is 0 Å². The number of ether oxygens (including phenoxy) is 1. The molecule has 2 N–H and O–H groups in total. The summed E-state index contributed by atoms with van der Waals surface area (Å²) in [6, 6.07) is 3.46. The Hall–Kier alpha value is -1.33. The monoisotopic (exact) mass is 241 g/mol. The molecule has 0 radical (unpaired) electrons. The van der Waals surface area contributed by atoms with Crippen LogP contribution < -0.4 is 5.32 Å². The summed E-state index contributed by atoms with van der Waals surface area (Å²) in [7, 11) is 0. The fourth-order valence-corrected chi connectivity index (χ4v) is 1.41. The quantitative estimate of drug-likeness (QED) is 0.529. The summed E-state index contributed by atoms with van der Waals surface area (Å²) in [5.41, 5.74) is 0. The van der Waals surface area contributed by atoms with Gasteiger partial charge in [-0.25, -0.2) is 0 Å². The average Bonchev–Trinajstić information content (AvgIpc) is 2.82. The molecule has 0 aliphatic heterocycles. The largest absolute Gasteiger partial charge is 0.467 e. The van der Waals surface area contributed by atoms with E-state index in [4.69, 9.17) is 9.15 Å². The standard InChI is InChI=1S/C12H19NO4/c1-2-16-12(15)6-3-7-13-9-10(14)11-5-4-8-17-11/h4-5,8,10,13-14H,2-3,6-7,9H2,1H3. The van der Waals surface area contributed by atoms with Gasteiger partial charge in [0.15, 0.2) is 0 Å². The number of carbonyl (C=O) groups is 1. The SMILES string of the molecule is CCOC(=O)CCCNCC(O)c1ccco1. The molecule has 0 spiro atoms. The maximum Gasteiger partial charge on any atom is 0.305 e. The van der Waals surface area contributed by atoms with E-state index in [0.29, 0.717) is 38.3 Å². The fourth-order valence-electron chi connectivity index (χ4n) is 1.41. The third-order valence-corrected chi connectivity index (χ3v) is 2.25. The minimum Gasteiger partial charge on any atom is -0.467 e. The van der Waals surface area contributed by atoms with Crippen LogP contribution in [0.4, 0.5) is 0 Å². The maximum absolute atomic E-state index is 11.0. The summed E-state index contributed by atoms with van der Waals surface area (Å²) < 4.78 is 9.86. The Labute approximate surface area is 101 Å². The van der Waals surface area contributed by atoms with Crippen LogP contribution in [0.25, 0.3) is 0 Å². The smallest absolute Gasteiger partial charge is 0.305 e. The van der Waals surface area contributed by atoms with Gasteiger partial charge >= 0.3 is 5.97 Å². The first kappa shape index (κ1) is 13.7. The number of aliphatic hydroxyl groups excluding tert-OH is 1. The van der Waals surface area contributed by atoms with E-state index in [0.717, 1.165) is 0 Å². The minimum absolute atomic E-state index is 0.180. The van der Waals surface area contributed by atoms with Gasteiger partial charge in [0, 0.05) is 13.0 Å². The zero-order valence-corrected chi connectivity index (χ0v) is 10.0. The lowest BCUT2D eigenvalue weighted by atomic mass is 10.2. The molecule has 17 heavy (non-hydrogen) atoms. The Morgan fingerprint density at radius 3 is 3.12 bits per heavy atom. The molecule has 5 nitrogen and oxygen atoms in total. The number of carbonyl (C=O) groups excluding carboxylic acids is 1. The van der Waals surface area contributed by atoms with E-state index < -0.39 is 6.10 Å². The zero-order chi connectivity index (χ0) is 12.5. The summed E-state index contributed by atoms with van der Waals surface area (Å²) in [5.74, 6) is 0.365. The summed E-state index contributed by atoms with van der Waals surface area (Å²) in [4.78, 5) is 11.0. The molecule has 0 fully saturated rings. The van der Waals surface area contributed by atoms with Crippen molar-refractivity contribution in [2.24, 2.45) is 0 Å². The molecule has 0 aliphatic rings. The van der Waals surface area contributed by atoms with E-state index in [1.165, 1.54) is 6.26 Å². The summed E-state index contributed by atoms with van der Waals surface area (Å²) >= 11 is 0. The lowest BCUT2D eigenvalue weighted by molar-refractivity contribution is -0.143. The summed E-state index contributed by atoms with van der Waals surface area (Å²) in [5, 5.41) is 12.7. The Balaban J connectivity index is 2.03. The van der Waals surface area contributed by atoms with Crippen LogP contribution in [0, 0.1) is 0 Å². The van der Waals surface area contributed by atoms with Gasteiger partial charge < -0.3 is 19.6 Å². The van der Waals surface area contributed by atoms with Crippen molar-refractivity contribution >= 4 is 5.97 Å². The molecule has 1 heterocycles. The highest BCUT2D eigenvalue weighted by atomic mass is 16.5. The number of hydrogen-bond acceptors (Lipinski definition) is 5. The first-order valence-corrected chi connectivity index (χ1v) is 5.81. The van der Waals surface area contributed by atoms with E-state index >= 15 is 0 Å². The molecule has 1 aromatic rings. The Bertz CT molecular complexity index is 310. The molecule has 1 rings (SSSR count). The van der Waals surface area contributed by atoms with Crippen molar-refractivity contribution in [3.63, 3.8) is 0 Å². The van der Waals surface area contributed by atoms with Crippen molar-refractivity contribution in [1.82, 2.24) is 5.32 Å². The van der Waals surface area contributed by atoms with Gasteiger partial charge in [-0.2, -0.15) is 0 Å². The maximum atomic E-state index is 11.0. The number of esters is 1. The van der Waals surface area contributed by atoms with Gasteiger partial charge in [-0.15, -0.1) is 0 Å². The van der Waals surface area contributed by atoms with Gasteiger partial charge in [-0.05, 0) is 32.0 Å². The highest BCUT2D eigenvalue weighted by Crippen LogP contribution is 2.11. The van der Waals surface area contributed by atoms with Gasteiger partial charge in [0.05, 0.1) is 12.9 Å². The topological polar surface area (TPSA) is 71.7 Å². The van der Waals surface area contributed by atoms with Crippen LogP contribution in [-0.2, 0) is 9.53 Å². The van der Waals surface area contributed by atoms with E-state index in [-0.39, 0.29) is 5.97 Å². The fraction of sp³-hybridized carbons (Fsp3) is 0.583. The van der Waals surface area contributed by atoms with Gasteiger partial charge in [-0.1, -0.05) is 0 Å². The van der Waals surface area contributed by atoms with Crippen molar-refractivity contribution in [2.75, 3.05) is 19.7 Å². The Morgan fingerprint density at radius 1 is 1.65 bits per heavy atom. The number of hydrogen-bond donors (Lipinski definition) is 2. The zero-order valence-electron chi connectivity index (χ0n) is 10.0. The van der Waals surface area contributed by atoms with Crippen molar-refractivity contribution in [3.8, 4) is 0 Å². The number of rotatable bonds is 8. The van der Waals surface area contributed by atoms with Crippen LogP contribution >= 0.6 is 0 Å². The molecule has 0 aliphatic carbocycles. The van der Waals surface area contributed by atoms with E-state index in [1.807, 2.05) is 0 Å². The molecule has 1 atom stereocenters. The molecule has 0 saturated heterocycles. The number of nitrogens with one attached hydrogen (secondary N) is 1. The number of furan rings is 1. The molecule has 1 unspecified atom stereocenters. The predicted molar refractivity (Wildman–Crippen MR) is 62.4 cm³/mol. The van der Waals surface area contributed by atoms with Crippen LogP contribution in [0.1, 0.15) is 31.6 Å². The van der Waals surface area contributed by atoms with Crippen molar-refractivity contribution in [1.29, 1.82) is 0 Å². The van der Waals surface area contributed by atoms with Crippen molar-refractivity contribution in [3.05, 3.63) is 24.2 Å². The molecule has 0 amide bonds. The van der Waals surface area contributed by atoms with Crippen LogP contribution in [0.3, 0.4) is 0 Å². The molecule has 0 aromatic carbocycles. The minimum atomic E-state index is -0.646. The Kier molecular flexibility index (Phi) is 6.35. The first-order chi connectivity index (χ1) is 8.24. The molecule has 0 bridgehead atoms. The first-order valence-electron chi connectivity index (χ1n) is 5.81. The normalized spacial score (nSPS) is 12.4. The van der Waals surface area contributed by atoms with Gasteiger partial charge in [0.25, 0.3) is 0 Å². The van der Waals surface area contributed by atoms with Crippen molar-refractivity contribution in [2.45, 2.75) is 25.9 Å². The molecular weight excluding hydrogens is 222 g/mol. The van der Waals surface area contributed by atoms with E-state index in [1.54, 1.807) is 19.1 Å². The highest BCUT2D eigenvalue weighted by Gasteiger charge is 2.09. The van der Waals surface area contributed by atoms with Gasteiger partial charge in [-0.3, -0.25) is 4.79 Å². The van der Waals surface area contributed by atoms with Gasteiger partial charge in [0.1, 0.15) is 11.9 Å². The van der Waals surface area contributed by atoms with Crippen molar-refractivity contribution < 1.29 is 19.1 Å². The highest BCUT2D eigenvalue weighted by molar-refractivity contribution is 5.69. The van der Waals surface area contributed by atoms with E-state index in [2.05, 4.69) is 5.32 Å². The molecule has 1 aromatic heterocycles. The second-order valence-electron chi connectivity index (χ2n) is 3.64. The number of aliphatic hydroxyl groups is 1. The lowest BCUT2D eigenvalue weighted by Gasteiger charge is -2.09. The predicted octanol–water partition coefficient (Wildman–Crippen LogP) is 1.25. The third-order valence-electron chi connectivity index (χ3n) is 2.25. The lowest BCUT2D eigenvalue weighted by Crippen LogP contribution is -2.23. The van der Waals surface area contributed by atoms with Gasteiger partial charge in [0.2, 0.25) is 0 Å². The Morgan fingerprint density at radius 2 is 2.47 bits per heavy atom. The van der Waals surface area contributed by atoms with Crippen LogP contribution in [0.15, 0.2) is 22.8 Å². The summed E-state index contributed by atoms with van der Waals surface area (Å²) in [6.45, 7) is 3.28.